The Labute approximate surface area is 128 Å². The Morgan fingerprint density at radius 2 is 1.76 bits per heavy atom. The zero-order chi connectivity index (χ0) is 15.4. The minimum absolute atomic E-state index is 0.185. The molecule has 1 amide bonds. The molecule has 0 saturated heterocycles. The standard InChI is InChI=1S/C16H18ClNO3/c1-10(11-6-8-12(17)9-7-11)18-15(19)13-4-2-3-5-14(13)16(20)21/h2-3,6-10,13-14H,4-5H2,1H3,(H,18,19)(H,20,21). The van der Waals surface area contributed by atoms with Crippen LogP contribution in [0.2, 0.25) is 5.02 Å². The zero-order valence-corrected chi connectivity index (χ0v) is 12.5. The van der Waals surface area contributed by atoms with Crippen LogP contribution in [0, 0.1) is 11.8 Å². The number of carbonyl (C=O) groups excluding carboxylic acids is 1. The minimum atomic E-state index is -0.918. The van der Waals surface area contributed by atoms with Crippen molar-refractivity contribution in [1.82, 2.24) is 5.32 Å². The molecule has 0 heterocycles. The highest BCUT2D eigenvalue weighted by molar-refractivity contribution is 6.30. The summed E-state index contributed by atoms with van der Waals surface area (Å²) in [4.78, 5) is 23.6. The van der Waals surface area contributed by atoms with Gasteiger partial charge in [-0.15, -0.1) is 0 Å². The summed E-state index contributed by atoms with van der Waals surface area (Å²) in [7, 11) is 0. The van der Waals surface area contributed by atoms with E-state index >= 15 is 0 Å². The van der Waals surface area contributed by atoms with Crippen LogP contribution in [0.4, 0.5) is 0 Å². The number of rotatable bonds is 4. The molecule has 21 heavy (non-hydrogen) atoms. The molecule has 2 rings (SSSR count). The lowest BCUT2D eigenvalue weighted by atomic mass is 9.82. The summed E-state index contributed by atoms with van der Waals surface area (Å²) < 4.78 is 0. The highest BCUT2D eigenvalue weighted by Gasteiger charge is 2.34. The van der Waals surface area contributed by atoms with E-state index in [1.54, 1.807) is 12.1 Å². The molecule has 112 valence electrons. The van der Waals surface area contributed by atoms with Crippen LogP contribution in [0.15, 0.2) is 36.4 Å². The molecular formula is C16H18ClNO3. The van der Waals surface area contributed by atoms with Crippen molar-refractivity contribution in [3.8, 4) is 0 Å². The Morgan fingerprint density at radius 3 is 2.33 bits per heavy atom. The molecule has 0 fully saturated rings. The van der Waals surface area contributed by atoms with E-state index in [1.807, 2.05) is 31.2 Å². The Bertz CT molecular complexity index is 553. The summed E-state index contributed by atoms with van der Waals surface area (Å²) in [5.41, 5.74) is 0.936. The van der Waals surface area contributed by atoms with E-state index < -0.39 is 17.8 Å². The molecule has 0 radical (unpaired) electrons. The highest BCUT2D eigenvalue weighted by atomic mass is 35.5. The van der Waals surface area contributed by atoms with Gasteiger partial charge in [0, 0.05) is 5.02 Å². The molecule has 0 aromatic heterocycles. The number of aliphatic carboxylic acids is 1. The van der Waals surface area contributed by atoms with Gasteiger partial charge in [0.05, 0.1) is 17.9 Å². The van der Waals surface area contributed by atoms with Crippen LogP contribution >= 0.6 is 11.6 Å². The average molecular weight is 308 g/mol. The Kier molecular flexibility index (Phi) is 5.02. The van der Waals surface area contributed by atoms with Gasteiger partial charge in [-0.3, -0.25) is 9.59 Å². The molecule has 1 aliphatic rings. The fraction of sp³-hybridized carbons (Fsp3) is 0.375. The number of allylic oxidation sites excluding steroid dienone is 2. The summed E-state index contributed by atoms with van der Waals surface area (Å²) in [6.07, 6.45) is 4.57. The van der Waals surface area contributed by atoms with E-state index in [4.69, 9.17) is 11.6 Å². The molecular weight excluding hydrogens is 290 g/mol. The van der Waals surface area contributed by atoms with Crippen molar-refractivity contribution < 1.29 is 14.7 Å². The number of benzene rings is 1. The maximum Gasteiger partial charge on any atom is 0.307 e. The van der Waals surface area contributed by atoms with Gasteiger partial charge in [0.25, 0.3) is 0 Å². The van der Waals surface area contributed by atoms with Crippen LogP contribution in [0.3, 0.4) is 0 Å². The minimum Gasteiger partial charge on any atom is -0.481 e. The summed E-state index contributed by atoms with van der Waals surface area (Å²) in [5, 5.41) is 12.7. The number of hydrogen-bond acceptors (Lipinski definition) is 2. The Hall–Kier alpha value is -1.81. The summed E-state index contributed by atoms with van der Waals surface area (Å²) >= 11 is 5.84. The molecule has 0 saturated carbocycles. The molecule has 5 heteroatoms. The van der Waals surface area contributed by atoms with Crippen LogP contribution < -0.4 is 5.32 Å². The van der Waals surface area contributed by atoms with Gasteiger partial charge >= 0.3 is 5.97 Å². The van der Waals surface area contributed by atoms with Crippen molar-refractivity contribution >= 4 is 23.5 Å². The number of carboxylic acid groups (broad SMARTS) is 1. The van der Waals surface area contributed by atoms with Crippen LogP contribution in [0.1, 0.15) is 31.4 Å². The summed E-state index contributed by atoms with van der Waals surface area (Å²) in [6.45, 7) is 1.87. The zero-order valence-electron chi connectivity index (χ0n) is 11.8. The normalized spacial score (nSPS) is 22.6. The fourth-order valence-electron chi connectivity index (χ4n) is 2.53. The Balaban J connectivity index is 2.04. The topological polar surface area (TPSA) is 66.4 Å². The van der Waals surface area contributed by atoms with Gasteiger partial charge in [0.1, 0.15) is 0 Å². The van der Waals surface area contributed by atoms with E-state index in [0.29, 0.717) is 17.9 Å². The first kappa shape index (κ1) is 15.6. The molecule has 1 aliphatic carbocycles. The SMILES string of the molecule is CC(NC(=O)C1CC=CCC1C(=O)O)c1ccc(Cl)cc1. The van der Waals surface area contributed by atoms with Crippen LogP contribution in [0.5, 0.6) is 0 Å². The van der Waals surface area contributed by atoms with Gasteiger partial charge in [0.2, 0.25) is 5.91 Å². The molecule has 3 atom stereocenters. The van der Waals surface area contributed by atoms with Gasteiger partial charge in [-0.2, -0.15) is 0 Å². The van der Waals surface area contributed by atoms with Crippen LogP contribution in [-0.2, 0) is 9.59 Å². The van der Waals surface area contributed by atoms with Crippen LogP contribution in [0.25, 0.3) is 0 Å². The lowest BCUT2D eigenvalue weighted by Crippen LogP contribution is -2.39. The van der Waals surface area contributed by atoms with E-state index in [2.05, 4.69) is 5.32 Å². The molecule has 3 unspecified atom stereocenters. The number of nitrogens with one attached hydrogen (secondary N) is 1. The maximum absolute atomic E-state index is 12.3. The second-order valence-corrected chi connectivity index (χ2v) is 5.71. The highest BCUT2D eigenvalue weighted by Crippen LogP contribution is 2.27. The van der Waals surface area contributed by atoms with Crippen LogP contribution in [-0.4, -0.2) is 17.0 Å². The third kappa shape index (κ3) is 3.85. The molecule has 1 aromatic rings. The maximum atomic E-state index is 12.3. The van der Waals surface area contributed by atoms with Crippen molar-refractivity contribution in [1.29, 1.82) is 0 Å². The van der Waals surface area contributed by atoms with Crippen molar-refractivity contribution in [3.63, 3.8) is 0 Å². The van der Waals surface area contributed by atoms with Gasteiger partial charge < -0.3 is 10.4 Å². The summed E-state index contributed by atoms with van der Waals surface area (Å²) in [6, 6.07) is 7.05. The third-order valence-corrected chi connectivity index (χ3v) is 4.07. The number of carbonyl (C=O) groups is 2. The molecule has 0 spiro atoms. The third-order valence-electron chi connectivity index (χ3n) is 3.82. The van der Waals surface area contributed by atoms with Gasteiger partial charge in [-0.1, -0.05) is 35.9 Å². The van der Waals surface area contributed by atoms with E-state index in [0.717, 1.165) is 5.56 Å². The smallest absolute Gasteiger partial charge is 0.307 e. The van der Waals surface area contributed by atoms with E-state index in [9.17, 15) is 14.7 Å². The van der Waals surface area contributed by atoms with Gasteiger partial charge in [0.15, 0.2) is 0 Å². The monoisotopic (exact) mass is 307 g/mol. The average Bonchev–Trinajstić information content (AvgIpc) is 2.47. The molecule has 0 aliphatic heterocycles. The summed E-state index contributed by atoms with van der Waals surface area (Å²) in [5.74, 6) is -2.29. The quantitative estimate of drug-likeness (QED) is 0.840. The fourth-order valence-corrected chi connectivity index (χ4v) is 2.66. The number of carboxylic acids is 1. The second kappa shape index (κ2) is 6.76. The molecule has 1 aromatic carbocycles. The number of amides is 1. The molecule has 0 bridgehead atoms. The molecule has 2 N–H and O–H groups in total. The van der Waals surface area contributed by atoms with E-state index in [1.165, 1.54) is 0 Å². The lowest BCUT2D eigenvalue weighted by Gasteiger charge is -2.26. The van der Waals surface area contributed by atoms with Gasteiger partial charge in [-0.05, 0) is 37.5 Å². The van der Waals surface area contributed by atoms with Crippen molar-refractivity contribution in [2.45, 2.75) is 25.8 Å². The number of hydrogen-bond donors (Lipinski definition) is 2. The predicted molar refractivity (Wildman–Crippen MR) is 81.0 cm³/mol. The lowest BCUT2D eigenvalue weighted by molar-refractivity contribution is -0.147. The number of halogens is 1. The largest absolute Gasteiger partial charge is 0.481 e. The van der Waals surface area contributed by atoms with Crippen molar-refractivity contribution in [2.75, 3.05) is 0 Å². The van der Waals surface area contributed by atoms with Crippen molar-refractivity contribution in [3.05, 3.63) is 47.0 Å². The second-order valence-electron chi connectivity index (χ2n) is 5.28. The predicted octanol–water partition coefficient (Wildman–Crippen LogP) is 3.18. The first-order valence-electron chi connectivity index (χ1n) is 6.92. The van der Waals surface area contributed by atoms with E-state index in [-0.39, 0.29) is 11.9 Å². The van der Waals surface area contributed by atoms with Gasteiger partial charge in [-0.25, -0.2) is 0 Å². The molecule has 4 nitrogen and oxygen atoms in total. The Morgan fingerprint density at radius 1 is 1.19 bits per heavy atom. The van der Waals surface area contributed by atoms with Crippen molar-refractivity contribution in [2.24, 2.45) is 11.8 Å². The first-order chi connectivity index (χ1) is 9.99. The first-order valence-corrected chi connectivity index (χ1v) is 7.30.